The summed E-state index contributed by atoms with van der Waals surface area (Å²) in [4.78, 5) is 13.1. The average Bonchev–Trinajstić information content (AvgIpc) is 2.67. The van der Waals surface area contributed by atoms with Gasteiger partial charge in [0.1, 0.15) is 5.76 Å². The fourth-order valence-electron chi connectivity index (χ4n) is 2.19. The molecule has 5 nitrogen and oxygen atoms in total. The molecule has 1 fully saturated rings. The summed E-state index contributed by atoms with van der Waals surface area (Å²) in [6.07, 6.45) is 2.43. The molecule has 0 aliphatic carbocycles. The maximum absolute atomic E-state index is 11.8. The van der Waals surface area contributed by atoms with Crippen LogP contribution >= 0.6 is 0 Å². The van der Waals surface area contributed by atoms with Crippen LogP contribution in [0.25, 0.3) is 0 Å². The second kappa shape index (κ2) is 5.31. The topological polar surface area (TPSA) is 59.6 Å². The first-order valence-electron chi connectivity index (χ1n) is 6.20. The minimum absolute atomic E-state index is 0.0165. The Bertz CT molecular complexity index is 381. The first kappa shape index (κ1) is 12.1. The van der Waals surface area contributed by atoms with E-state index in [4.69, 9.17) is 4.52 Å². The minimum atomic E-state index is 0.0165. The van der Waals surface area contributed by atoms with Gasteiger partial charge in [0, 0.05) is 6.07 Å². The first-order valence-corrected chi connectivity index (χ1v) is 6.20. The standard InChI is InChI=1S/C12H19N3O2/c1-9-3-5-15(6-4-9)8-12(16)13-11-7-10(2)17-14-11/h7,9H,3-6,8H2,1-2H3,(H,13,14,16)/p+1. The molecule has 0 radical (unpaired) electrons. The number of nitrogens with zero attached hydrogens (tertiary/aromatic N) is 1. The zero-order valence-corrected chi connectivity index (χ0v) is 10.5. The van der Waals surface area contributed by atoms with E-state index in [0.717, 1.165) is 19.0 Å². The van der Waals surface area contributed by atoms with Crippen molar-refractivity contribution in [1.29, 1.82) is 0 Å². The molecule has 5 heteroatoms. The Morgan fingerprint density at radius 1 is 1.59 bits per heavy atom. The van der Waals surface area contributed by atoms with Gasteiger partial charge in [-0.3, -0.25) is 4.79 Å². The largest absolute Gasteiger partial charge is 0.360 e. The summed E-state index contributed by atoms with van der Waals surface area (Å²) < 4.78 is 4.90. The molecule has 0 saturated carbocycles. The molecule has 0 atom stereocenters. The highest BCUT2D eigenvalue weighted by Gasteiger charge is 2.21. The molecule has 0 bridgehead atoms. The lowest BCUT2D eigenvalue weighted by atomic mass is 9.99. The van der Waals surface area contributed by atoms with Crippen molar-refractivity contribution in [1.82, 2.24) is 5.16 Å². The molecule has 1 aromatic rings. The predicted octanol–water partition coefficient (Wildman–Crippen LogP) is 0.236. The number of aromatic nitrogens is 1. The van der Waals surface area contributed by atoms with Gasteiger partial charge in [-0.2, -0.15) is 0 Å². The van der Waals surface area contributed by atoms with Crippen molar-refractivity contribution in [2.45, 2.75) is 26.7 Å². The van der Waals surface area contributed by atoms with Crippen LogP contribution in [0.1, 0.15) is 25.5 Å². The Balaban J connectivity index is 1.77. The number of piperidine rings is 1. The number of rotatable bonds is 3. The highest BCUT2D eigenvalue weighted by molar-refractivity contribution is 5.90. The second-order valence-electron chi connectivity index (χ2n) is 4.98. The summed E-state index contributed by atoms with van der Waals surface area (Å²) >= 11 is 0. The number of hydrogen-bond acceptors (Lipinski definition) is 3. The SMILES string of the molecule is Cc1cc(NC(=O)C[NH+]2CCC(C)CC2)no1. The van der Waals surface area contributed by atoms with E-state index in [1.54, 1.807) is 13.0 Å². The number of anilines is 1. The van der Waals surface area contributed by atoms with E-state index in [-0.39, 0.29) is 5.91 Å². The van der Waals surface area contributed by atoms with Crippen LogP contribution in [-0.4, -0.2) is 30.7 Å². The van der Waals surface area contributed by atoms with E-state index in [2.05, 4.69) is 17.4 Å². The highest BCUT2D eigenvalue weighted by Crippen LogP contribution is 2.07. The van der Waals surface area contributed by atoms with E-state index in [0.29, 0.717) is 18.1 Å². The van der Waals surface area contributed by atoms with Crippen LogP contribution in [0, 0.1) is 12.8 Å². The molecule has 0 unspecified atom stereocenters. The molecule has 17 heavy (non-hydrogen) atoms. The van der Waals surface area contributed by atoms with Crippen LogP contribution in [0.3, 0.4) is 0 Å². The van der Waals surface area contributed by atoms with Gasteiger partial charge in [-0.15, -0.1) is 0 Å². The first-order chi connectivity index (χ1) is 8.13. The number of hydrogen-bond donors (Lipinski definition) is 2. The van der Waals surface area contributed by atoms with Crippen molar-refractivity contribution < 1.29 is 14.2 Å². The van der Waals surface area contributed by atoms with Gasteiger partial charge in [-0.05, 0) is 25.7 Å². The molecule has 2 heterocycles. The zero-order chi connectivity index (χ0) is 12.3. The van der Waals surface area contributed by atoms with Crippen molar-refractivity contribution in [3.05, 3.63) is 11.8 Å². The maximum Gasteiger partial charge on any atom is 0.280 e. The number of nitrogens with one attached hydrogen (secondary N) is 2. The number of likely N-dealkylation sites (tertiary alicyclic amines) is 1. The smallest absolute Gasteiger partial charge is 0.280 e. The van der Waals surface area contributed by atoms with Crippen molar-refractivity contribution >= 4 is 11.7 Å². The van der Waals surface area contributed by atoms with E-state index in [1.807, 2.05) is 0 Å². The molecule has 0 spiro atoms. The molecule has 1 aliphatic heterocycles. The lowest BCUT2D eigenvalue weighted by molar-refractivity contribution is -0.897. The van der Waals surface area contributed by atoms with Crippen molar-refractivity contribution in [3.63, 3.8) is 0 Å². The Hall–Kier alpha value is -1.36. The molecule has 1 amide bonds. The number of amides is 1. The van der Waals surface area contributed by atoms with Crippen molar-refractivity contribution in [2.24, 2.45) is 5.92 Å². The van der Waals surface area contributed by atoms with Gasteiger partial charge in [0.25, 0.3) is 5.91 Å². The second-order valence-corrected chi connectivity index (χ2v) is 4.98. The van der Waals surface area contributed by atoms with Crippen LogP contribution in [0.15, 0.2) is 10.6 Å². The normalized spacial score (nSPS) is 24.6. The molecule has 0 aromatic carbocycles. The van der Waals surface area contributed by atoms with Gasteiger partial charge in [0.2, 0.25) is 0 Å². The van der Waals surface area contributed by atoms with Gasteiger partial charge < -0.3 is 14.7 Å². The van der Waals surface area contributed by atoms with Gasteiger partial charge in [-0.25, -0.2) is 0 Å². The molecule has 1 aromatic heterocycles. The third-order valence-electron chi connectivity index (χ3n) is 3.29. The van der Waals surface area contributed by atoms with E-state index in [9.17, 15) is 4.79 Å². The molecular weight excluding hydrogens is 218 g/mol. The number of quaternary nitrogens is 1. The summed E-state index contributed by atoms with van der Waals surface area (Å²) in [5.74, 6) is 2.04. The van der Waals surface area contributed by atoms with Gasteiger partial charge in [0.05, 0.1) is 13.1 Å². The van der Waals surface area contributed by atoms with Crippen LogP contribution in [0.2, 0.25) is 0 Å². The summed E-state index contributed by atoms with van der Waals surface area (Å²) in [6.45, 7) is 6.78. The monoisotopic (exact) mass is 238 g/mol. The number of aryl methyl sites for hydroxylation is 1. The van der Waals surface area contributed by atoms with Crippen LogP contribution < -0.4 is 10.2 Å². The van der Waals surface area contributed by atoms with Gasteiger partial charge in [-0.1, -0.05) is 12.1 Å². The Morgan fingerprint density at radius 3 is 2.88 bits per heavy atom. The van der Waals surface area contributed by atoms with E-state index in [1.165, 1.54) is 17.7 Å². The summed E-state index contributed by atoms with van der Waals surface area (Å²) in [5, 5.41) is 6.50. The highest BCUT2D eigenvalue weighted by atomic mass is 16.5. The lowest BCUT2D eigenvalue weighted by Gasteiger charge is -2.26. The Labute approximate surface area is 101 Å². The number of carbonyl (C=O) groups excluding carboxylic acids is 1. The van der Waals surface area contributed by atoms with E-state index < -0.39 is 0 Å². The fourth-order valence-corrected chi connectivity index (χ4v) is 2.19. The zero-order valence-electron chi connectivity index (χ0n) is 10.5. The fraction of sp³-hybridized carbons (Fsp3) is 0.667. The molecular formula is C12H20N3O2+. The molecule has 2 rings (SSSR count). The van der Waals surface area contributed by atoms with Crippen LogP contribution in [-0.2, 0) is 4.79 Å². The van der Waals surface area contributed by atoms with Gasteiger partial charge in [0.15, 0.2) is 12.4 Å². The minimum Gasteiger partial charge on any atom is -0.360 e. The van der Waals surface area contributed by atoms with Crippen molar-refractivity contribution in [2.75, 3.05) is 25.0 Å². The summed E-state index contributed by atoms with van der Waals surface area (Å²) in [7, 11) is 0. The van der Waals surface area contributed by atoms with Gasteiger partial charge >= 0.3 is 0 Å². The molecule has 2 N–H and O–H groups in total. The maximum atomic E-state index is 11.8. The van der Waals surface area contributed by atoms with Crippen LogP contribution in [0.4, 0.5) is 5.82 Å². The molecule has 1 saturated heterocycles. The molecule has 1 aliphatic rings. The third-order valence-corrected chi connectivity index (χ3v) is 3.29. The molecule has 94 valence electrons. The van der Waals surface area contributed by atoms with Crippen LogP contribution in [0.5, 0.6) is 0 Å². The quantitative estimate of drug-likeness (QED) is 0.793. The predicted molar refractivity (Wildman–Crippen MR) is 63.8 cm³/mol. The average molecular weight is 238 g/mol. The Morgan fingerprint density at radius 2 is 2.29 bits per heavy atom. The number of carbonyl (C=O) groups is 1. The third kappa shape index (κ3) is 3.56. The summed E-state index contributed by atoms with van der Waals surface area (Å²) in [6, 6.07) is 1.73. The Kier molecular flexibility index (Phi) is 3.78. The summed E-state index contributed by atoms with van der Waals surface area (Å²) in [5.41, 5.74) is 0. The van der Waals surface area contributed by atoms with Crippen molar-refractivity contribution in [3.8, 4) is 0 Å². The van der Waals surface area contributed by atoms with E-state index >= 15 is 0 Å². The lowest BCUT2D eigenvalue weighted by Crippen LogP contribution is -3.14.